The smallest absolute Gasteiger partial charge is 0.343 e. The molecule has 0 aliphatic carbocycles. The predicted octanol–water partition coefficient (Wildman–Crippen LogP) is 4.92. The molecule has 158 valence electrons. The third-order valence-corrected chi connectivity index (χ3v) is 5.32. The number of hydrogen-bond donors (Lipinski definition) is 1. The quantitative estimate of drug-likeness (QED) is 0.364. The van der Waals surface area contributed by atoms with Crippen molar-refractivity contribution in [2.24, 2.45) is 0 Å². The summed E-state index contributed by atoms with van der Waals surface area (Å²) in [7, 11) is 0. The van der Waals surface area contributed by atoms with Gasteiger partial charge in [-0.2, -0.15) is 0 Å². The number of amides is 1. The Balaban J connectivity index is 1.21. The van der Waals surface area contributed by atoms with E-state index in [4.69, 9.17) is 9.47 Å². The number of nitrogens with one attached hydrogen (secondary N) is 1. The van der Waals surface area contributed by atoms with E-state index in [0.29, 0.717) is 42.2 Å². The number of aromatic nitrogens is 1. The molecule has 1 aliphatic rings. The fourth-order valence-electron chi connectivity index (χ4n) is 3.61. The molecule has 0 unspecified atom stereocenters. The first-order valence-corrected chi connectivity index (χ1v) is 10.4. The summed E-state index contributed by atoms with van der Waals surface area (Å²) in [6.07, 6.45) is 1.16. The van der Waals surface area contributed by atoms with Crippen molar-refractivity contribution in [2.45, 2.75) is 19.4 Å². The number of rotatable bonds is 5. The molecule has 0 bridgehead atoms. The second-order valence-corrected chi connectivity index (χ2v) is 7.56. The van der Waals surface area contributed by atoms with Crippen LogP contribution in [0.25, 0.3) is 10.9 Å². The van der Waals surface area contributed by atoms with Crippen molar-refractivity contribution in [3.05, 3.63) is 95.7 Å². The number of benzene rings is 3. The van der Waals surface area contributed by atoms with Crippen LogP contribution in [0.15, 0.2) is 78.9 Å². The van der Waals surface area contributed by atoms with Crippen molar-refractivity contribution in [3.63, 3.8) is 0 Å². The van der Waals surface area contributed by atoms with Crippen molar-refractivity contribution in [2.75, 3.05) is 5.32 Å². The Kier molecular flexibility index (Phi) is 5.25. The number of carbonyl (C=O) groups excluding carboxylic acids is 2. The van der Waals surface area contributed by atoms with E-state index in [1.807, 2.05) is 42.5 Å². The van der Waals surface area contributed by atoms with Crippen LogP contribution in [-0.4, -0.2) is 16.9 Å². The minimum absolute atomic E-state index is 0.0320. The molecule has 1 N–H and O–H groups in total. The third kappa shape index (κ3) is 4.30. The summed E-state index contributed by atoms with van der Waals surface area (Å²) in [5.41, 5.74) is 3.88. The normalized spacial score (nSPS) is 12.7. The van der Waals surface area contributed by atoms with Crippen molar-refractivity contribution in [1.29, 1.82) is 0 Å². The first-order chi connectivity index (χ1) is 15.6. The molecule has 0 atom stereocenters. The molecular formula is C26H20N2O4. The summed E-state index contributed by atoms with van der Waals surface area (Å²) in [6, 6.07) is 23.9. The van der Waals surface area contributed by atoms with Crippen LogP contribution in [0.4, 0.5) is 5.69 Å². The lowest BCUT2D eigenvalue weighted by atomic mass is 10.0. The summed E-state index contributed by atoms with van der Waals surface area (Å²) in [5.74, 6) is 0.511. The number of esters is 1. The highest BCUT2D eigenvalue weighted by atomic mass is 16.5. The van der Waals surface area contributed by atoms with Gasteiger partial charge in [0.25, 0.3) is 0 Å². The van der Waals surface area contributed by atoms with Gasteiger partial charge in [-0.1, -0.05) is 30.3 Å². The van der Waals surface area contributed by atoms with E-state index in [9.17, 15) is 9.59 Å². The Bertz CT molecular complexity index is 1320. The van der Waals surface area contributed by atoms with E-state index >= 15 is 0 Å². The van der Waals surface area contributed by atoms with Crippen LogP contribution in [-0.2, 0) is 17.8 Å². The van der Waals surface area contributed by atoms with E-state index < -0.39 is 5.97 Å². The van der Waals surface area contributed by atoms with Gasteiger partial charge in [0.05, 0.1) is 16.8 Å². The highest BCUT2D eigenvalue weighted by Crippen LogP contribution is 2.27. The van der Waals surface area contributed by atoms with Gasteiger partial charge in [0.15, 0.2) is 0 Å². The molecule has 1 aliphatic heterocycles. The van der Waals surface area contributed by atoms with E-state index in [-0.39, 0.29) is 5.91 Å². The van der Waals surface area contributed by atoms with Gasteiger partial charge in [-0.3, -0.25) is 4.79 Å². The molecule has 1 amide bonds. The molecule has 0 spiro atoms. The van der Waals surface area contributed by atoms with Crippen molar-refractivity contribution in [1.82, 2.24) is 4.98 Å². The Morgan fingerprint density at radius 2 is 1.72 bits per heavy atom. The van der Waals surface area contributed by atoms with E-state index in [1.54, 1.807) is 36.4 Å². The lowest BCUT2D eigenvalue weighted by molar-refractivity contribution is -0.116. The van der Waals surface area contributed by atoms with Gasteiger partial charge in [0, 0.05) is 23.6 Å². The van der Waals surface area contributed by atoms with Crippen molar-refractivity contribution in [3.8, 4) is 11.5 Å². The monoisotopic (exact) mass is 424 g/mol. The van der Waals surface area contributed by atoms with Crippen LogP contribution in [0.5, 0.6) is 11.5 Å². The summed E-state index contributed by atoms with van der Waals surface area (Å²) in [6.45, 7) is 0.329. The second kappa shape index (κ2) is 8.51. The summed E-state index contributed by atoms with van der Waals surface area (Å²) >= 11 is 0. The number of aryl methyl sites for hydroxylation is 1. The predicted molar refractivity (Wildman–Crippen MR) is 121 cm³/mol. The molecule has 0 fully saturated rings. The maximum absolute atomic E-state index is 12.5. The minimum atomic E-state index is -0.477. The van der Waals surface area contributed by atoms with E-state index in [1.165, 1.54) is 0 Å². The zero-order chi connectivity index (χ0) is 21.9. The summed E-state index contributed by atoms with van der Waals surface area (Å²) in [5, 5.41) is 3.89. The molecule has 6 nitrogen and oxygen atoms in total. The van der Waals surface area contributed by atoms with Crippen molar-refractivity contribution < 1.29 is 19.1 Å². The molecule has 4 aromatic rings. The van der Waals surface area contributed by atoms with Crippen LogP contribution >= 0.6 is 0 Å². The second-order valence-electron chi connectivity index (χ2n) is 7.56. The van der Waals surface area contributed by atoms with Crippen molar-refractivity contribution >= 4 is 28.5 Å². The van der Waals surface area contributed by atoms with Crippen LogP contribution in [0, 0.1) is 0 Å². The molecule has 0 saturated heterocycles. The number of anilines is 1. The average molecular weight is 424 g/mol. The Morgan fingerprint density at radius 1 is 0.906 bits per heavy atom. The van der Waals surface area contributed by atoms with E-state index in [2.05, 4.69) is 10.3 Å². The zero-order valence-corrected chi connectivity index (χ0v) is 17.2. The van der Waals surface area contributed by atoms with Gasteiger partial charge in [-0.25, -0.2) is 9.78 Å². The Morgan fingerprint density at radius 3 is 2.59 bits per heavy atom. The number of pyridine rings is 1. The standard InChI is InChI=1S/C26H20N2O4/c29-25-14-9-18-6-13-22(15-24(18)28-25)32-26(30)19-7-11-21(12-8-19)31-16-20-10-5-17-3-1-2-4-23(17)27-20/h1-8,10-13,15H,9,14,16H2,(H,28,29). The van der Waals surface area contributed by atoms with Gasteiger partial charge in [0.2, 0.25) is 5.91 Å². The van der Waals surface area contributed by atoms with Gasteiger partial charge >= 0.3 is 5.97 Å². The van der Waals surface area contributed by atoms with Gasteiger partial charge < -0.3 is 14.8 Å². The molecule has 0 saturated carbocycles. The van der Waals surface area contributed by atoms with Gasteiger partial charge in [-0.05, 0) is 54.4 Å². The maximum Gasteiger partial charge on any atom is 0.343 e. The number of para-hydroxylation sites is 1. The highest BCUT2D eigenvalue weighted by molar-refractivity contribution is 5.95. The van der Waals surface area contributed by atoms with Gasteiger partial charge in [0.1, 0.15) is 18.1 Å². The Hall–Kier alpha value is -4.19. The van der Waals surface area contributed by atoms with E-state index in [0.717, 1.165) is 22.2 Å². The molecule has 6 heteroatoms. The fraction of sp³-hybridized carbons (Fsp3) is 0.115. The number of ether oxygens (including phenoxy) is 2. The fourth-order valence-corrected chi connectivity index (χ4v) is 3.61. The lowest BCUT2D eigenvalue weighted by Gasteiger charge is -2.17. The van der Waals surface area contributed by atoms with Gasteiger partial charge in [-0.15, -0.1) is 0 Å². The maximum atomic E-state index is 12.5. The molecule has 5 rings (SSSR count). The average Bonchev–Trinajstić information content (AvgIpc) is 2.82. The highest BCUT2D eigenvalue weighted by Gasteiger charge is 2.16. The number of hydrogen-bond acceptors (Lipinski definition) is 5. The van der Waals surface area contributed by atoms with Crippen LogP contribution in [0.1, 0.15) is 28.0 Å². The molecule has 32 heavy (non-hydrogen) atoms. The molecule has 0 radical (unpaired) electrons. The largest absolute Gasteiger partial charge is 0.487 e. The number of carbonyl (C=O) groups is 2. The lowest BCUT2D eigenvalue weighted by Crippen LogP contribution is -2.19. The Labute approximate surface area is 184 Å². The van der Waals surface area contributed by atoms with Crippen LogP contribution in [0.3, 0.4) is 0 Å². The SMILES string of the molecule is O=C1CCc2ccc(OC(=O)c3ccc(OCc4ccc5ccccc5n4)cc3)cc2N1. The minimum Gasteiger partial charge on any atom is -0.487 e. The van der Waals surface area contributed by atoms with Crippen LogP contribution in [0.2, 0.25) is 0 Å². The molecular weight excluding hydrogens is 404 g/mol. The summed E-state index contributed by atoms with van der Waals surface area (Å²) in [4.78, 5) is 28.7. The first kappa shape index (κ1) is 19.8. The molecule has 1 aromatic heterocycles. The topological polar surface area (TPSA) is 77.5 Å². The molecule has 3 aromatic carbocycles. The third-order valence-electron chi connectivity index (χ3n) is 5.32. The first-order valence-electron chi connectivity index (χ1n) is 10.4. The molecule has 2 heterocycles. The zero-order valence-electron chi connectivity index (χ0n) is 17.2. The summed E-state index contributed by atoms with van der Waals surface area (Å²) < 4.78 is 11.3. The van der Waals surface area contributed by atoms with Crippen LogP contribution < -0.4 is 14.8 Å². The number of fused-ring (bicyclic) bond motifs is 2. The number of nitrogens with zero attached hydrogens (tertiary/aromatic N) is 1.